The lowest BCUT2D eigenvalue weighted by Gasteiger charge is -2.06. The molecule has 1 atom stereocenters. The summed E-state index contributed by atoms with van der Waals surface area (Å²) in [6.07, 6.45) is 2.25. The molecule has 6 nitrogen and oxygen atoms in total. The van der Waals surface area contributed by atoms with Crippen molar-refractivity contribution >= 4 is 11.6 Å². The molecule has 0 radical (unpaired) electrons. The summed E-state index contributed by atoms with van der Waals surface area (Å²) in [6, 6.07) is 2.58. The Labute approximate surface area is 119 Å². The zero-order valence-corrected chi connectivity index (χ0v) is 11.4. The van der Waals surface area contributed by atoms with E-state index in [2.05, 4.69) is 15.6 Å². The number of nitrogens with one attached hydrogen (secondary N) is 1. The Morgan fingerprint density at radius 3 is 2.95 bits per heavy atom. The zero-order valence-electron chi connectivity index (χ0n) is 11.4. The number of carbonyl (C=O) groups excluding carboxylic acids is 1. The summed E-state index contributed by atoms with van der Waals surface area (Å²) in [5.41, 5.74) is 6.15. The van der Waals surface area contributed by atoms with Crippen molar-refractivity contribution in [3.05, 3.63) is 41.7 Å². The number of hydrogen-bond acceptors (Lipinski definition) is 4. The topological polar surface area (TPSA) is 85.8 Å². The van der Waals surface area contributed by atoms with E-state index in [1.165, 1.54) is 4.68 Å². The van der Waals surface area contributed by atoms with Gasteiger partial charge in [-0.3, -0.25) is 4.79 Å². The van der Waals surface area contributed by atoms with Crippen LogP contribution in [0.1, 0.15) is 25.1 Å². The van der Waals surface area contributed by atoms with Gasteiger partial charge in [0.2, 0.25) is 5.91 Å². The van der Waals surface area contributed by atoms with Gasteiger partial charge in [0, 0.05) is 6.07 Å². The molecule has 2 aromatic rings. The molecule has 2 rings (SSSR count). The molecule has 0 bridgehead atoms. The largest absolute Gasteiger partial charge is 0.323 e. The number of nitrogens with zero attached hydrogens (tertiary/aromatic N) is 3. The summed E-state index contributed by atoms with van der Waals surface area (Å²) >= 11 is 0. The molecule has 0 saturated heterocycles. The van der Waals surface area contributed by atoms with Gasteiger partial charge >= 0.3 is 0 Å². The number of aromatic nitrogens is 3. The first-order valence-electron chi connectivity index (χ1n) is 6.40. The fraction of sp³-hybridized carbons (Fsp3) is 0.308. The van der Waals surface area contributed by atoms with Crippen LogP contribution < -0.4 is 11.1 Å². The predicted octanol–water partition coefficient (Wildman–Crippen LogP) is 1.60. The third-order valence-corrected chi connectivity index (χ3v) is 2.88. The number of halogens is 2. The van der Waals surface area contributed by atoms with Crippen LogP contribution in [0.15, 0.2) is 24.4 Å². The second kappa shape index (κ2) is 6.40. The minimum Gasteiger partial charge on any atom is -0.323 e. The third-order valence-electron chi connectivity index (χ3n) is 2.88. The molecule has 0 aliphatic rings. The molecule has 21 heavy (non-hydrogen) atoms. The normalized spacial score (nSPS) is 12.2. The Kier molecular flexibility index (Phi) is 4.59. The van der Waals surface area contributed by atoms with E-state index in [-0.39, 0.29) is 18.3 Å². The average Bonchev–Trinajstić information content (AvgIpc) is 2.90. The maximum absolute atomic E-state index is 13.4. The summed E-state index contributed by atoms with van der Waals surface area (Å²) in [4.78, 5) is 11.8. The molecule has 0 aliphatic heterocycles. The number of amides is 1. The number of nitrogens with two attached hydrogens (primary N) is 1. The lowest BCUT2D eigenvalue weighted by Crippen LogP contribution is -2.20. The Hall–Kier alpha value is -2.35. The van der Waals surface area contributed by atoms with Gasteiger partial charge < -0.3 is 11.1 Å². The van der Waals surface area contributed by atoms with E-state index >= 15 is 0 Å². The molecule has 1 aromatic heterocycles. The quantitative estimate of drug-likeness (QED) is 0.877. The summed E-state index contributed by atoms with van der Waals surface area (Å²) in [6.45, 7) is 1.74. The Morgan fingerprint density at radius 2 is 2.24 bits per heavy atom. The third kappa shape index (κ3) is 3.82. The first-order chi connectivity index (χ1) is 9.99. The van der Waals surface area contributed by atoms with Crippen molar-refractivity contribution in [2.75, 3.05) is 5.32 Å². The van der Waals surface area contributed by atoms with Gasteiger partial charge in [-0.05, 0) is 18.6 Å². The molecule has 1 unspecified atom stereocenters. The SMILES string of the molecule is CCC(N)c1cn(CC(=O)Nc2cc(F)ccc2F)nn1. The van der Waals surface area contributed by atoms with Crippen molar-refractivity contribution in [1.29, 1.82) is 0 Å². The van der Waals surface area contributed by atoms with Gasteiger partial charge in [0.1, 0.15) is 18.2 Å². The number of hydrogen-bond donors (Lipinski definition) is 2. The van der Waals surface area contributed by atoms with E-state index in [1.807, 2.05) is 6.92 Å². The molecule has 3 N–H and O–H groups in total. The Bertz CT molecular complexity index is 643. The number of anilines is 1. The molecule has 8 heteroatoms. The molecule has 0 spiro atoms. The van der Waals surface area contributed by atoms with Crippen LogP contribution in [-0.4, -0.2) is 20.9 Å². The average molecular weight is 295 g/mol. The van der Waals surface area contributed by atoms with Crippen LogP contribution in [0.4, 0.5) is 14.5 Å². The van der Waals surface area contributed by atoms with Crippen molar-refractivity contribution in [2.24, 2.45) is 5.73 Å². The van der Waals surface area contributed by atoms with Gasteiger partial charge in [-0.15, -0.1) is 5.10 Å². The molecule has 1 aromatic carbocycles. The molecule has 0 fully saturated rings. The minimum absolute atomic E-state index is 0.167. The highest BCUT2D eigenvalue weighted by Crippen LogP contribution is 2.15. The molecular weight excluding hydrogens is 280 g/mol. The van der Waals surface area contributed by atoms with Crippen LogP contribution >= 0.6 is 0 Å². The van der Waals surface area contributed by atoms with Crippen molar-refractivity contribution in [3.63, 3.8) is 0 Å². The van der Waals surface area contributed by atoms with Gasteiger partial charge in [-0.2, -0.15) is 0 Å². The highest BCUT2D eigenvalue weighted by Gasteiger charge is 2.12. The van der Waals surface area contributed by atoms with E-state index in [0.29, 0.717) is 12.1 Å². The maximum Gasteiger partial charge on any atom is 0.246 e. The molecule has 1 heterocycles. The zero-order chi connectivity index (χ0) is 15.4. The van der Waals surface area contributed by atoms with Crippen molar-refractivity contribution in [2.45, 2.75) is 25.9 Å². The molecule has 112 valence electrons. The summed E-state index contributed by atoms with van der Waals surface area (Å²) in [5, 5.41) is 9.90. The van der Waals surface area contributed by atoms with Gasteiger partial charge in [-0.1, -0.05) is 12.1 Å². The second-order valence-corrected chi connectivity index (χ2v) is 4.53. The second-order valence-electron chi connectivity index (χ2n) is 4.53. The van der Waals surface area contributed by atoms with E-state index in [0.717, 1.165) is 18.2 Å². The monoisotopic (exact) mass is 295 g/mol. The molecule has 0 aliphatic carbocycles. The molecule has 0 saturated carbocycles. The van der Waals surface area contributed by atoms with E-state index in [4.69, 9.17) is 5.73 Å². The van der Waals surface area contributed by atoms with Crippen LogP contribution in [-0.2, 0) is 11.3 Å². The summed E-state index contributed by atoms with van der Waals surface area (Å²) in [7, 11) is 0. The minimum atomic E-state index is -0.711. The summed E-state index contributed by atoms with van der Waals surface area (Å²) < 4.78 is 27.7. The van der Waals surface area contributed by atoms with E-state index in [1.54, 1.807) is 6.20 Å². The number of rotatable bonds is 5. The van der Waals surface area contributed by atoms with Crippen molar-refractivity contribution in [3.8, 4) is 0 Å². The molecule has 1 amide bonds. The van der Waals surface area contributed by atoms with Crippen molar-refractivity contribution in [1.82, 2.24) is 15.0 Å². The maximum atomic E-state index is 13.4. The number of carbonyl (C=O) groups is 1. The Morgan fingerprint density at radius 1 is 1.48 bits per heavy atom. The van der Waals surface area contributed by atoms with E-state index in [9.17, 15) is 13.6 Å². The van der Waals surface area contributed by atoms with Crippen LogP contribution in [0.3, 0.4) is 0 Å². The highest BCUT2D eigenvalue weighted by molar-refractivity contribution is 5.90. The smallest absolute Gasteiger partial charge is 0.246 e. The van der Waals surface area contributed by atoms with Gasteiger partial charge in [0.05, 0.1) is 23.6 Å². The fourth-order valence-corrected chi connectivity index (χ4v) is 1.70. The van der Waals surface area contributed by atoms with Crippen LogP contribution in [0, 0.1) is 11.6 Å². The lowest BCUT2D eigenvalue weighted by atomic mass is 10.2. The Balaban J connectivity index is 2.01. The predicted molar refractivity (Wildman–Crippen MR) is 72.2 cm³/mol. The highest BCUT2D eigenvalue weighted by atomic mass is 19.1. The first kappa shape index (κ1) is 15.0. The van der Waals surface area contributed by atoms with Gasteiger partial charge in [0.15, 0.2) is 0 Å². The standard InChI is InChI=1S/C13H15F2N5O/c1-2-10(16)12-6-20(19-18-12)7-13(21)17-11-5-8(14)3-4-9(11)15/h3-6,10H,2,7,16H2,1H3,(H,17,21). The number of benzene rings is 1. The van der Waals surface area contributed by atoms with Gasteiger partial charge in [-0.25, -0.2) is 13.5 Å². The fourth-order valence-electron chi connectivity index (χ4n) is 1.70. The van der Waals surface area contributed by atoms with Crippen molar-refractivity contribution < 1.29 is 13.6 Å². The van der Waals surface area contributed by atoms with E-state index < -0.39 is 17.5 Å². The van der Waals surface area contributed by atoms with Crippen LogP contribution in [0.25, 0.3) is 0 Å². The van der Waals surface area contributed by atoms with Gasteiger partial charge in [0.25, 0.3) is 0 Å². The molecular formula is C13H15F2N5O. The lowest BCUT2D eigenvalue weighted by molar-refractivity contribution is -0.116. The summed E-state index contributed by atoms with van der Waals surface area (Å²) in [5.74, 6) is -1.89. The first-order valence-corrected chi connectivity index (χ1v) is 6.40. The van der Waals surface area contributed by atoms with Crippen LogP contribution in [0.2, 0.25) is 0 Å². The van der Waals surface area contributed by atoms with Crippen LogP contribution in [0.5, 0.6) is 0 Å².